The summed E-state index contributed by atoms with van der Waals surface area (Å²) in [6, 6.07) is 1.22. The lowest BCUT2D eigenvalue weighted by Gasteiger charge is -2.08. The fourth-order valence-corrected chi connectivity index (χ4v) is 4.84. The molecule has 0 radical (unpaired) electrons. The zero-order chi connectivity index (χ0) is 14.6. The van der Waals surface area contributed by atoms with Crippen LogP contribution in [0.2, 0.25) is 6.04 Å². The summed E-state index contributed by atoms with van der Waals surface area (Å²) in [4.78, 5) is 11.0. The number of ether oxygens (including phenoxy) is 1. The van der Waals surface area contributed by atoms with Gasteiger partial charge in [-0.25, -0.2) is 4.79 Å². The molecule has 0 aliphatic heterocycles. The lowest BCUT2D eigenvalue weighted by Crippen LogP contribution is -2.04. The van der Waals surface area contributed by atoms with Crippen molar-refractivity contribution in [3.05, 3.63) is 12.2 Å². The first-order chi connectivity index (χ1) is 8.95. The van der Waals surface area contributed by atoms with Crippen molar-refractivity contribution in [3.63, 3.8) is 0 Å². The second-order valence-electron chi connectivity index (χ2n) is 4.51. The van der Waals surface area contributed by atoms with E-state index in [1.54, 1.807) is 6.08 Å². The number of carbonyl (C=O) groups is 1. The van der Waals surface area contributed by atoms with Crippen LogP contribution in [-0.2, 0) is 9.53 Å². The highest BCUT2D eigenvalue weighted by molar-refractivity contribution is 9.72. The van der Waals surface area contributed by atoms with Crippen LogP contribution in [0.15, 0.2) is 12.2 Å². The molecule has 0 rings (SSSR count). The van der Waals surface area contributed by atoms with E-state index in [0.717, 1.165) is 12.8 Å². The molecule has 0 atom stereocenters. The molecule has 0 spiro atoms. The number of esters is 1. The lowest BCUT2D eigenvalue weighted by atomic mass is 10.1. The molecule has 2 nitrogen and oxygen atoms in total. The van der Waals surface area contributed by atoms with Crippen LogP contribution in [0.25, 0.3) is 0 Å². The smallest absolute Gasteiger partial charge is 0.330 e. The highest BCUT2D eigenvalue weighted by atomic mass is 80.0. The number of hydrogen-bond donors (Lipinski definition) is 0. The maximum Gasteiger partial charge on any atom is 0.330 e. The second-order valence-corrected chi connectivity index (χ2v) is 28.0. The molecule has 112 valence electrons. The van der Waals surface area contributed by atoms with Crippen LogP contribution in [-0.4, -0.2) is 16.5 Å². The quantitative estimate of drug-likeness (QED) is 0.120. The average molecular weight is 479 g/mol. The van der Waals surface area contributed by atoms with E-state index in [0.29, 0.717) is 6.61 Å². The fourth-order valence-electron chi connectivity index (χ4n) is 1.67. The summed E-state index contributed by atoms with van der Waals surface area (Å²) in [6.45, 7) is 2.36. The molecular formula is C13H23Br3O2Si. The molecule has 0 aromatic heterocycles. The molecule has 0 fully saturated rings. The number of hydrogen-bond acceptors (Lipinski definition) is 2. The molecule has 0 aromatic carbocycles. The predicted molar refractivity (Wildman–Crippen MR) is 95.4 cm³/mol. The van der Waals surface area contributed by atoms with E-state index in [2.05, 4.69) is 45.9 Å². The predicted octanol–water partition coefficient (Wildman–Crippen LogP) is 5.96. The Morgan fingerprint density at radius 1 is 1.00 bits per heavy atom. The Bertz CT molecular complexity index is 265. The highest BCUT2D eigenvalue weighted by Crippen LogP contribution is 2.33. The largest absolute Gasteiger partial charge is 0.463 e. The molecule has 6 heteroatoms. The minimum Gasteiger partial charge on any atom is -0.463 e. The lowest BCUT2D eigenvalue weighted by molar-refractivity contribution is -0.137. The molecule has 0 bridgehead atoms. The Balaban J connectivity index is 3.17. The fraction of sp³-hybridized carbons (Fsp3) is 0.769. The minimum absolute atomic E-state index is 0.227. The van der Waals surface area contributed by atoms with E-state index >= 15 is 0 Å². The summed E-state index contributed by atoms with van der Waals surface area (Å²) in [7, 11) is 0. The van der Waals surface area contributed by atoms with E-state index < -0.39 is 3.93 Å². The zero-order valence-electron chi connectivity index (χ0n) is 11.5. The normalized spacial score (nSPS) is 12.0. The number of unbranched alkanes of at least 4 members (excludes halogenated alkanes) is 6. The van der Waals surface area contributed by atoms with Gasteiger partial charge in [-0.2, -0.15) is 0 Å². The van der Waals surface area contributed by atoms with Crippen molar-refractivity contribution in [1.82, 2.24) is 0 Å². The topological polar surface area (TPSA) is 26.3 Å². The summed E-state index contributed by atoms with van der Waals surface area (Å²) in [5, 5.41) is 0. The van der Waals surface area contributed by atoms with Crippen LogP contribution in [0, 0.1) is 0 Å². The van der Waals surface area contributed by atoms with Gasteiger partial charge in [-0.15, -0.1) is 0 Å². The van der Waals surface area contributed by atoms with E-state index in [4.69, 9.17) is 4.74 Å². The minimum atomic E-state index is -1.38. The van der Waals surface area contributed by atoms with Crippen LogP contribution in [0.5, 0.6) is 0 Å². The molecule has 0 aromatic rings. The molecule has 0 unspecified atom stereocenters. The zero-order valence-corrected chi connectivity index (χ0v) is 17.2. The van der Waals surface area contributed by atoms with Crippen molar-refractivity contribution in [2.45, 2.75) is 57.9 Å². The van der Waals surface area contributed by atoms with Gasteiger partial charge in [-0.1, -0.05) is 90.5 Å². The third-order valence-corrected chi connectivity index (χ3v) is 7.14. The Kier molecular flexibility index (Phi) is 13.2. The van der Waals surface area contributed by atoms with E-state index in [1.807, 2.05) is 6.92 Å². The molecule has 0 saturated heterocycles. The van der Waals surface area contributed by atoms with E-state index in [-0.39, 0.29) is 5.97 Å². The van der Waals surface area contributed by atoms with Gasteiger partial charge in [-0.05, 0) is 19.4 Å². The Morgan fingerprint density at radius 3 is 2.05 bits per heavy atom. The van der Waals surface area contributed by atoms with E-state index in [1.165, 1.54) is 44.2 Å². The first kappa shape index (κ1) is 19.9. The summed E-state index contributed by atoms with van der Waals surface area (Å²) >= 11 is 10.9. The number of allylic oxidation sites excluding steroid dienone is 1. The molecule has 0 amide bonds. The molecule has 0 aliphatic carbocycles. The van der Waals surface area contributed by atoms with Crippen molar-refractivity contribution < 1.29 is 9.53 Å². The van der Waals surface area contributed by atoms with Gasteiger partial charge >= 0.3 is 5.97 Å². The molecular weight excluding hydrogens is 456 g/mol. The van der Waals surface area contributed by atoms with Gasteiger partial charge in [-0.3, -0.25) is 0 Å². The highest BCUT2D eigenvalue weighted by Gasteiger charge is 2.20. The van der Waals surface area contributed by atoms with Gasteiger partial charge in [0, 0.05) is 6.08 Å². The SMILES string of the molecule is CC=CC(=O)OCCCCCCCCC[Si](Br)(Br)Br. The Hall–Kier alpha value is 0.867. The van der Waals surface area contributed by atoms with Crippen molar-refractivity contribution in [1.29, 1.82) is 0 Å². The van der Waals surface area contributed by atoms with Crippen molar-refractivity contribution >= 4 is 55.8 Å². The van der Waals surface area contributed by atoms with Crippen LogP contribution in [0.1, 0.15) is 51.9 Å². The summed E-state index contributed by atoms with van der Waals surface area (Å²) in [5.74, 6) is -0.227. The third kappa shape index (κ3) is 16.8. The van der Waals surface area contributed by atoms with Crippen LogP contribution in [0.3, 0.4) is 0 Å². The monoisotopic (exact) mass is 476 g/mol. The Morgan fingerprint density at radius 2 is 1.53 bits per heavy atom. The van der Waals surface area contributed by atoms with Crippen LogP contribution < -0.4 is 0 Å². The average Bonchev–Trinajstić information content (AvgIpc) is 2.30. The number of carbonyl (C=O) groups excluding carboxylic acids is 1. The van der Waals surface area contributed by atoms with Crippen LogP contribution in [0.4, 0.5) is 0 Å². The maximum absolute atomic E-state index is 11.0. The van der Waals surface area contributed by atoms with Crippen molar-refractivity contribution in [2.24, 2.45) is 0 Å². The second kappa shape index (κ2) is 12.6. The first-order valence-electron chi connectivity index (χ1n) is 6.82. The summed E-state index contributed by atoms with van der Waals surface area (Å²) in [6.07, 6.45) is 11.7. The Labute approximate surface area is 141 Å². The molecule has 0 heterocycles. The maximum atomic E-state index is 11.0. The summed E-state index contributed by atoms with van der Waals surface area (Å²) < 4.78 is 3.65. The third-order valence-electron chi connectivity index (χ3n) is 2.65. The van der Waals surface area contributed by atoms with Crippen molar-refractivity contribution in [3.8, 4) is 0 Å². The molecule has 0 saturated carbocycles. The van der Waals surface area contributed by atoms with Gasteiger partial charge in [0.2, 0.25) is 0 Å². The van der Waals surface area contributed by atoms with Gasteiger partial charge in [0.25, 0.3) is 3.93 Å². The first-order valence-corrected chi connectivity index (χ1v) is 15.8. The van der Waals surface area contributed by atoms with Gasteiger partial charge in [0.05, 0.1) is 6.61 Å². The van der Waals surface area contributed by atoms with Crippen molar-refractivity contribution in [2.75, 3.05) is 6.61 Å². The summed E-state index contributed by atoms with van der Waals surface area (Å²) in [5.41, 5.74) is 0. The molecule has 0 N–H and O–H groups in total. The molecule has 0 aliphatic rings. The number of rotatable bonds is 11. The van der Waals surface area contributed by atoms with Crippen LogP contribution >= 0.6 is 45.9 Å². The van der Waals surface area contributed by atoms with E-state index in [9.17, 15) is 4.79 Å². The van der Waals surface area contributed by atoms with Gasteiger partial charge in [0.15, 0.2) is 0 Å². The van der Waals surface area contributed by atoms with Gasteiger partial charge in [0.1, 0.15) is 0 Å². The standard InChI is InChI=1S/C13H23Br3O2Si/c1-2-10-13(17)18-11-8-6-4-3-5-7-9-12-19(14,15)16/h2,10H,3-9,11-12H2,1H3. The van der Waals surface area contributed by atoms with Gasteiger partial charge < -0.3 is 4.74 Å². The molecule has 19 heavy (non-hydrogen) atoms. The number of halogens is 3.